The van der Waals surface area contributed by atoms with Crippen LogP contribution in [0.4, 0.5) is 4.39 Å². The number of carbonyl (C=O) groups excluding carboxylic acids is 3. The lowest BCUT2D eigenvalue weighted by molar-refractivity contribution is -0.132. The summed E-state index contributed by atoms with van der Waals surface area (Å²) in [6.45, 7) is 0.383. The summed E-state index contributed by atoms with van der Waals surface area (Å²) in [7, 11) is 1.48. The molecule has 0 saturated heterocycles. The van der Waals surface area contributed by atoms with Crippen LogP contribution in [0.2, 0.25) is 0 Å². The maximum atomic E-state index is 13.0. The first-order chi connectivity index (χ1) is 12.4. The van der Waals surface area contributed by atoms with Crippen molar-refractivity contribution >= 4 is 23.4 Å². The normalized spacial score (nSPS) is 15.4. The second-order valence-corrected chi connectivity index (χ2v) is 5.83. The zero-order chi connectivity index (χ0) is 19.1. The summed E-state index contributed by atoms with van der Waals surface area (Å²) in [4.78, 5) is 35.8. The number of hydrogen-bond acceptors (Lipinski definition) is 5. The number of ether oxygens (including phenoxy) is 1. The highest BCUT2D eigenvalue weighted by atomic mass is 19.1. The summed E-state index contributed by atoms with van der Waals surface area (Å²) in [5, 5.41) is 7.77. The highest BCUT2D eigenvalue weighted by Gasteiger charge is 2.27. The van der Waals surface area contributed by atoms with E-state index in [9.17, 15) is 18.8 Å². The van der Waals surface area contributed by atoms with Crippen LogP contribution in [0.15, 0.2) is 29.4 Å². The Bertz CT molecular complexity index is 705. The number of hydrazone groups is 1. The molecule has 0 aromatic heterocycles. The van der Waals surface area contributed by atoms with Crippen molar-refractivity contribution in [2.45, 2.75) is 31.8 Å². The van der Waals surface area contributed by atoms with Gasteiger partial charge in [-0.05, 0) is 24.1 Å². The van der Waals surface area contributed by atoms with Crippen LogP contribution in [0.3, 0.4) is 0 Å². The Morgan fingerprint density at radius 1 is 1.35 bits per heavy atom. The van der Waals surface area contributed by atoms with Gasteiger partial charge in [0.2, 0.25) is 11.8 Å². The Balaban J connectivity index is 2.07. The van der Waals surface area contributed by atoms with Crippen LogP contribution in [-0.4, -0.2) is 48.2 Å². The number of hydrogen-bond donors (Lipinski definition) is 2. The molecule has 0 fully saturated rings. The number of amides is 3. The third kappa shape index (κ3) is 5.35. The van der Waals surface area contributed by atoms with Crippen LogP contribution in [-0.2, 0) is 25.7 Å². The van der Waals surface area contributed by atoms with Crippen molar-refractivity contribution in [3.63, 3.8) is 0 Å². The van der Waals surface area contributed by atoms with Gasteiger partial charge in [0.25, 0.3) is 5.91 Å². The van der Waals surface area contributed by atoms with E-state index < -0.39 is 17.9 Å². The predicted octanol–water partition coefficient (Wildman–Crippen LogP) is 0.311. The first-order valence-electron chi connectivity index (χ1n) is 8.12. The Morgan fingerprint density at radius 2 is 2.04 bits per heavy atom. The van der Waals surface area contributed by atoms with Crippen molar-refractivity contribution in [2.24, 2.45) is 10.8 Å². The molecule has 1 aromatic carbocycles. The molecule has 9 heteroatoms. The molecule has 140 valence electrons. The number of nitrogens with one attached hydrogen (secondary N) is 1. The minimum atomic E-state index is -0.881. The minimum absolute atomic E-state index is 0.118. The first kappa shape index (κ1) is 19.5. The molecule has 8 nitrogen and oxygen atoms in total. The van der Waals surface area contributed by atoms with Gasteiger partial charge in [0.05, 0.1) is 6.54 Å². The SMILES string of the molecule is COCC[C@@H](NC(=O)C1=NN(Cc2ccc(F)cc2)C(=O)CC1)C(N)=O. The second kappa shape index (κ2) is 9.04. The molecule has 0 radical (unpaired) electrons. The Labute approximate surface area is 150 Å². The molecule has 3 N–H and O–H groups in total. The molecule has 2 rings (SSSR count). The van der Waals surface area contributed by atoms with Crippen LogP contribution in [0.1, 0.15) is 24.8 Å². The molecule has 0 saturated carbocycles. The molecular weight excluding hydrogens is 343 g/mol. The molecule has 3 amide bonds. The Hall–Kier alpha value is -2.81. The predicted molar refractivity (Wildman–Crippen MR) is 91.2 cm³/mol. The van der Waals surface area contributed by atoms with Gasteiger partial charge in [0.1, 0.15) is 17.6 Å². The summed E-state index contributed by atoms with van der Waals surface area (Å²) < 4.78 is 17.9. The standard InChI is InChI=1S/C17H21FN4O4/c1-26-9-8-13(16(19)24)20-17(25)14-6-7-15(23)22(21-14)10-11-2-4-12(18)5-3-11/h2-5,13H,6-10H2,1H3,(H2,19,24)(H,20,25)/t13-/m1/s1. The average molecular weight is 364 g/mol. The van der Waals surface area contributed by atoms with E-state index in [-0.39, 0.29) is 49.9 Å². The van der Waals surface area contributed by atoms with E-state index in [0.717, 1.165) is 0 Å². The lowest BCUT2D eigenvalue weighted by atomic mass is 10.1. The van der Waals surface area contributed by atoms with Crippen molar-refractivity contribution < 1.29 is 23.5 Å². The molecule has 1 aromatic rings. The molecule has 26 heavy (non-hydrogen) atoms. The van der Waals surface area contributed by atoms with Gasteiger partial charge >= 0.3 is 0 Å². The van der Waals surface area contributed by atoms with Crippen LogP contribution in [0.5, 0.6) is 0 Å². The molecule has 1 aliphatic heterocycles. The summed E-state index contributed by atoms with van der Waals surface area (Å²) in [6, 6.07) is 4.77. The summed E-state index contributed by atoms with van der Waals surface area (Å²) in [6.07, 6.45) is 0.524. The Kier molecular flexibility index (Phi) is 6.79. The molecular formula is C17H21FN4O4. The Morgan fingerprint density at radius 3 is 2.65 bits per heavy atom. The molecule has 0 aliphatic carbocycles. The van der Waals surface area contributed by atoms with Crippen molar-refractivity contribution in [3.8, 4) is 0 Å². The van der Waals surface area contributed by atoms with Crippen molar-refractivity contribution in [1.29, 1.82) is 0 Å². The van der Waals surface area contributed by atoms with Gasteiger partial charge in [0, 0.05) is 26.6 Å². The third-order valence-corrected chi connectivity index (χ3v) is 3.87. The number of nitrogens with two attached hydrogens (primary N) is 1. The van der Waals surface area contributed by atoms with Crippen molar-refractivity contribution in [3.05, 3.63) is 35.6 Å². The summed E-state index contributed by atoms with van der Waals surface area (Å²) in [5.41, 5.74) is 6.09. The van der Waals surface area contributed by atoms with Gasteiger partial charge in [-0.1, -0.05) is 12.1 Å². The van der Waals surface area contributed by atoms with Gasteiger partial charge in [-0.15, -0.1) is 0 Å². The van der Waals surface area contributed by atoms with Gasteiger partial charge in [0.15, 0.2) is 0 Å². The van der Waals surface area contributed by atoms with E-state index in [0.29, 0.717) is 5.56 Å². The van der Waals surface area contributed by atoms with Gasteiger partial charge < -0.3 is 15.8 Å². The number of benzene rings is 1. The van der Waals surface area contributed by atoms with E-state index in [1.807, 2.05) is 0 Å². The fourth-order valence-electron chi connectivity index (χ4n) is 2.41. The van der Waals surface area contributed by atoms with E-state index in [2.05, 4.69) is 10.4 Å². The summed E-state index contributed by atoms with van der Waals surface area (Å²) in [5.74, 6) is -1.85. The first-order valence-corrected chi connectivity index (χ1v) is 8.12. The molecule has 1 atom stereocenters. The topological polar surface area (TPSA) is 114 Å². The van der Waals surface area contributed by atoms with E-state index in [4.69, 9.17) is 10.5 Å². The molecule has 0 bridgehead atoms. The number of halogens is 1. The minimum Gasteiger partial charge on any atom is -0.385 e. The highest BCUT2D eigenvalue weighted by Crippen LogP contribution is 2.14. The maximum absolute atomic E-state index is 13.0. The zero-order valence-electron chi connectivity index (χ0n) is 14.4. The van der Waals surface area contributed by atoms with Gasteiger partial charge in [-0.2, -0.15) is 5.10 Å². The maximum Gasteiger partial charge on any atom is 0.268 e. The lowest BCUT2D eigenvalue weighted by Crippen LogP contribution is -2.48. The third-order valence-electron chi connectivity index (χ3n) is 3.87. The number of primary amides is 1. The molecule has 0 unspecified atom stereocenters. The average Bonchev–Trinajstić information content (AvgIpc) is 2.61. The van der Waals surface area contributed by atoms with Crippen molar-refractivity contribution in [2.75, 3.05) is 13.7 Å². The van der Waals surface area contributed by atoms with Crippen LogP contribution in [0, 0.1) is 5.82 Å². The van der Waals surface area contributed by atoms with Crippen LogP contribution >= 0.6 is 0 Å². The number of nitrogens with zero attached hydrogens (tertiary/aromatic N) is 2. The van der Waals surface area contributed by atoms with Gasteiger partial charge in [-0.3, -0.25) is 14.4 Å². The molecule has 0 spiro atoms. The number of methoxy groups -OCH3 is 1. The molecule has 1 heterocycles. The quantitative estimate of drug-likeness (QED) is 0.691. The second-order valence-electron chi connectivity index (χ2n) is 5.83. The number of carbonyl (C=O) groups is 3. The summed E-state index contributed by atoms with van der Waals surface area (Å²) >= 11 is 0. The fourth-order valence-corrected chi connectivity index (χ4v) is 2.41. The van der Waals surface area contributed by atoms with E-state index >= 15 is 0 Å². The van der Waals surface area contributed by atoms with E-state index in [1.54, 1.807) is 12.1 Å². The van der Waals surface area contributed by atoms with E-state index in [1.165, 1.54) is 24.3 Å². The molecule has 1 aliphatic rings. The van der Waals surface area contributed by atoms with Crippen LogP contribution < -0.4 is 11.1 Å². The monoisotopic (exact) mass is 364 g/mol. The highest BCUT2D eigenvalue weighted by molar-refractivity contribution is 6.39. The van der Waals surface area contributed by atoms with Crippen LogP contribution in [0.25, 0.3) is 0 Å². The zero-order valence-corrected chi connectivity index (χ0v) is 14.4. The smallest absolute Gasteiger partial charge is 0.268 e. The van der Waals surface area contributed by atoms with Crippen molar-refractivity contribution in [1.82, 2.24) is 10.3 Å². The largest absolute Gasteiger partial charge is 0.385 e. The number of rotatable bonds is 8. The lowest BCUT2D eigenvalue weighted by Gasteiger charge is -2.24. The fraction of sp³-hybridized carbons (Fsp3) is 0.412. The van der Waals surface area contributed by atoms with Gasteiger partial charge in [-0.25, -0.2) is 9.40 Å².